The molecule has 0 fully saturated rings. The van der Waals surface area contributed by atoms with Gasteiger partial charge in [-0.2, -0.15) is 0 Å². The zero-order valence-corrected chi connectivity index (χ0v) is 14.7. The van der Waals surface area contributed by atoms with Crippen molar-refractivity contribution >= 4 is 11.6 Å². The van der Waals surface area contributed by atoms with Gasteiger partial charge in [-0.25, -0.2) is 0 Å². The first-order valence-corrected chi connectivity index (χ1v) is 8.14. The number of aliphatic hydroxyl groups is 1. The Labute approximate surface area is 147 Å². The van der Waals surface area contributed by atoms with Crippen LogP contribution in [0.4, 0.5) is 0 Å². The Morgan fingerprint density at radius 2 is 1.58 bits per heavy atom. The molecule has 1 aromatic carbocycles. The molecule has 2 aromatic heterocycles. The Balaban J connectivity index is 2.10. The number of benzene rings is 1. The number of rotatable bonds is 3. The third-order valence-corrected chi connectivity index (χ3v) is 4.15. The van der Waals surface area contributed by atoms with Crippen molar-refractivity contribution in [2.45, 2.75) is 26.4 Å². The Bertz CT molecular complexity index is 850. The number of halogens is 1. The summed E-state index contributed by atoms with van der Waals surface area (Å²) in [5.74, 6) is 0. The van der Waals surface area contributed by atoms with E-state index in [9.17, 15) is 5.11 Å². The van der Waals surface area contributed by atoms with Crippen LogP contribution < -0.4 is 0 Å². The van der Waals surface area contributed by atoms with E-state index in [1.165, 1.54) is 0 Å². The quantitative estimate of drug-likeness (QED) is 0.731. The van der Waals surface area contributed by atoms with E-state index in [4.69, 9.17) is 11.6 Å². The number of hydrogen-bond donors (Lipinski definition) is 1. The molecule has 0 aliphatic rings. The normalized spacial score (nSPS) is 11.5. The summed E-state index contributed by atoms with van der Waals surface area (Å²) >= 11 is 6.17. The molecule has 0 spiro atoms. The molecule has 0 aliphatic heterocycles. The lowest BCUT2D eigenvalue weighted by Gasteiger charge is -2.18. The van der Waals surface area contributed by atoms with E-state index in [0.717, 1.165) is 33.6 Å². The summed E-state index contributed by atoms with van der Waals surface area (Å²) in [4.78, 5) is 8.86. The minimum Gasteiger partial charge on any atom is -0.386 e. The molecule has 122 valence electrons. The molecule has 3 nitrogen and oxygen atoms in total. The highest BCUT2D eigenvalue weighted by Crippen LogP contribution is 2.33. The molecular weight excluding hydrogens is 320 g/mol. The third-order valence-electron chi connectivity index (χ3n) is 3.94. The average Bonchev–Trinajstić information content (AvgIpc) is 2.55. The molecule has 0 bridgehead atoms. The number of hydrogen-bond acceptors (Lipinski definition) is 3. The summed E-state index contributed by atoms with van der Waals surface area (Å²) in [7, 11) is 0. The Kier molecular flexibility index (Phi) is 4.39. The molecule has 1 N–H and O–H groups in total. The monoisotopic (exact) mass is 338 g/mol. The van der Waals surface area contributed by atoms with Crippen LogP contribution in [0, 0.1) is 6.92 Å². The predicted octanol–water partition coefficient (Wildman–Crippen LogP) is 5.00. The fourth-order valence-corrected chi connectivity index (χ4v) is 2.71. The van der Waals surface area contributed by atoms with Gasteiger partial charge in [-0.1, -0.05) is 35.9 Å². The molecule has 0 atom stereocenters. The molecular formula is C20H19ClN2O. The van der Waals surface area contributed by atoms with Gasteiger partial charge in [0.2, 0.25) is 0 Å². The van der Waals surface area contributed by atoms with Crippen molar-refractivity contribution in [3.8, 4) is 22.4 Å². The highest BCUT2D eigenvalue weighted by molar-refractivity contribution is 6.30. The lowest BCUT2D eigenvalue weighted by Crippen LogP contribution is -2.14. The smallest absolute Gasteiger partial charge is 0.0840 e. The average molecular weight is 339 g/mol. The fraction of sp³-hybridized carbons (Fsp3) is 0.200. The summed E-state index contributed by atoms with van der Waals surface area (Å²) in [5, 5.41) is 10.7. The first-order chi connectivity index (χ1) is 11.3. The van der Waals surface area contributed by atoms with E-state index in [0.29, 0.717) is 5.02 Å². The molecule has 0 amide bonds. The van der Waals surface area contributed by atoms with Crippen molar-refractivity contribution in [3.05, 3.63) is 71.1 Å². The van der Waals surface area contributed by atoms with Gasteiger partial charge in [0.1, 0.15) is 0 Å². The number of aryl methyl sites for hydroxylation is 1. The van der Waals surface area contributed by atoms with E-state index in [2.05, 4.69) is 9.97 Å². The van der Waals surface area contributed by atoms with Crippen LogP contribution in [-0.4, -0.2) is 15.1 Å². The standard InChI is InChI=1S/C20H19ClN2O/c1-13-4-5-15(11-22-13)19-18(10-17(21)12-23-19)14-6-8-16(9-7-14)20(2,3)24/h4-12,24H,1-3H3. The lowest BCUT2D eigenvalue weighted by atomic mass is 9.94. The van der Waals surface area contributed by atoms with Gasteiger partial charge in [0, 0.05) is 29.2 Å². The van der Waals surface area contributed by atoms with Gasteiger partial charge in [0.15, 0.2) is 0 Å². The van der Waals surface area contributed by atoms with E-state index in [-0.39, 0.29) is 0 Å². The SMILES string of the molecule is Cc1ccc(-c2ncc(Cl)cc2-c2ccc(C(C)(C)O)cc2)cn1. The van der Waals surface area contributed by atoms with Crippen molar-refractivity contribution in [1.82, 2.24) is 9.97 Å². The maximum Gasteiger partial charge on any atom is 0.0840 e. The number of pyridine rings is 2. The van der Waals surface area contributed by atoms with Crippen molar-refractivity contribution < 1.29 is 5.11 Å². The molecule has 0 aliphatic carbocycles. The maximum absolute atomic E-state index is 10.1. The van der Waals surface area contributed by atoms with Crippen LogP contribution in [0.25, 0.3) is 22.4 Å². The van der Waals surface area contributed by atoms with Crippen LogP contribution >= 0.6 is 11.6 Å². The highest BCUT2D eigenvalue weighted by Gasteiger charge is 2.16. The summed E-state index contributed by atoms with van der Waals surface area (Å²) < 4.78 is 0. The minimum absolute atomic E-state index is 0.584. The molecule has 4 heteroatoms. The van der Waals surface area contributed by atoms with Gasteiger partial charge < -0.3 is 5.11 Å². The topological polar surface area (TPSA) is 46.0 Å². The van der Waals surface area contributed by atoms with Crippen molar-refractivity contribution in [1.29, 1.82) is 0 Å². The second-order valence-corrected chi connectivity index (χ2v) is 6.81. The van der Waals surface area contributed by atoms with Gasteiger partial charge in [-0.3, -0.25) is 9.97 Å². The van der Waals surface area contributed by atoms with Gasteiger partial charge in [0.05, 0.1) is 16.3 Å². The molecule has 0 saturated carbocycles. The molecule has 2 heterocycles. The molecule has 0 radical (unpaired) electrons. The van der Waals surface area contributed by atoms with E-state index in [1.807, 2.05) is 55.6 Å². The fourth-order valence-electron chi connectivity index (χ4n) is 2.55. The zero-order valence-electron chi connectivity index (χ0n) is 13.9. The van der Waals surface area contributed by atoms with Gasteiger partial charge in [-0.05, 0) is 50.1 Å². The Morgan fingerprint density at radius 1 is 0.917 bits per heavy atom. The Hall–Kier alpha value is -2.23. The zero-order chi connectivity index (χ0) is 17.3. The van der Waals surface area contributed by atoms with Crippen LogP contribution in [-0.2, 0) is 5.60 Å². The van der Waals surface area contributed by atoms with Crippen LogP contribution in [0.1, 0.15) is 25.1 Å². The van der Waals surface area contributed by atoms with E-state index >= 15 is 0 Å². The van der Waals surface area contributed by atoms with Gasteiger partial charge in [-0.15, -0.1) is 0 Å². The second kappa shape index (κ2) is 6.34. The second-order valence-electron chi connectivity index (χ2n) is 6.37. The first-order valence-electron chi connectivity index (χ1n) is 7.76. The maximum atomic E-state index is 10.1. The molecule has 0 saturated heterocycles. The lowest BCUT2D eigenvalue weighted by molar-refractivity contribution is 0.0786. The number of nitrogens with zero attached hydrogens (tertiary/aromatic N) is 2. The van der Waals surface area contributed by atoms with Crippen molar-refractivity contribution in [2.24, 2.45) is 0 Å². The highest BCUT2D eigenvalue weighted by atomic mass is 35.5. The predicted molar refractivity (Wildman–Crippen MR) is 97.9 cm³/mol. The van der Waals surface area contributed by atoms with Crippen LogP contribution in [0.3, 0.4) is 0 Å². The largest absolute Gasteiger partial charge is 0.386 e. The third kappa shape index (κ3) is 3.48. The van der Waals surface area contributed by atoms with Crippen molar-refractivity contribution in [2.75, 3.05) is 0 Å². The van der Waals surface area contributed by atoms with Crippen molar-refractivity contribution in [3.63, 3.8) is 0 Å². The summed E-state index contributed by atoms with van der Waals surface area (Å²) in [6.45, 7) is 5.49. The first kappa shape index (κ1) is 16.6. The molecule has 24 heavy (non-hydrogen) atoms. The van der Waals surface area contributed by atoms with Gasteiger partial charge in [0.25, 0.3) is 0 Å². The minimum atomic E-state index is -0.866. The van der Waals surface area contributed by atoms with Crippen LogP contribution in [0.2, 0.25) is 5.02 Å². The van der Waals surface area contributed by atoms with Crippen LogP contribution in [0.5, 0.6) is 0 Å². The summed E-state index contributed by atoms with van der Waals surface area (Å²) in [6.07, 6.45) is 3.46. The van der Waals surface area contributed by atoms with Crippen LogP contribution in [0.15, 0.2) is 54.9 Å². The van der Waals surface area contributed by atoms with E-state index in [1.54, 1.807) is 20.0 Å². The molecule has 0 unspecified atom stereocenters. The Morgan fingerprint density at radius 3 is 2.17 bits per heavy atom. The van der Waals surface area contributed by atoms with E-state index < -0.39 is 5.60 Å². The molecule has 3 aromatic rings. The molecule has 3 rings (SSSR count). The summed E-state index contributed by atoms with van der Waals surface area (Å²) in [5.41, 5.74) is 4.67. The summed E-state index contributed by atoms with van der Waals surface area (Å²) in [6, 6.07) is 13.7. The van der Waals surface area contributed by atoms with Gasteiger partial charge >= 0.3 is 0 Å². The number of aromatic nitrogens is 2.